The Hall–Kier alpha value is -3.67. The Morgan fingerprint density at radius 2 is 1.68 bits per heavy atom. The average Bonchev–Trinajstić information content (AvgIpc) is 3.32. The molecule has 1 saturated heterocycles. The summed E-state index contributed by atoms with van der Waals surface area (Å²) < 4.78 is 35.2. The molecule has 2 aromatic carbocycles. The lowest BCUT2D eigenvalue weighted by atomic mass is 10.2. The third-order valence-corrected chi connectivity index (χ3v) is 8.22. The summed E-state index contributed by atoms with van der Waals surface area (Å²) in [6.07, 6.45) is 3.65. The van der Waals surface area contributed by atoms with Gasteiger partial charge in [-0.15, -0.1) is 0 Å². The Morgan fingerprint density at radius 3 is 2.37 bits per heavy atom. The zero-order valence-electron chi connectivity index (χ0n) is 22.0. The topological polar surface area (TPSA) is 105 Å². The number of piperazine rings is 1. The van der Waals surface area contributed by atoms with Crippen molar-refractivity contribution in [3.63, 3.8) is 0 Å². The number of nitrogens with zero attached hydrogens (tertiary/aromatic N) is 5. The summed E-state index contributed by atoms with van der Waals surface area (Å²) in [5.74, 6) is 1.15. The average molecular weight is 536 g/mol. The van der Waals surface area contributed by atoms with Gasteiger partial charge in [0.1, 0.15) is 11.4 Å². The van der Waals surface area contributed by atoms with Crippen LogP contribution in [0.4, 0.5) is 17.3 Å². The van der Waals surface area contributed by atoms with Gasteiger partial charge in [0.25, 0.3) is 0 Å². The maximum absolute atomic E-state index is 12.5. The number of anilines is 3. The van der Waals surface area contributed by atoms with Crippen LogP contribution in [0.3, 0.4) is 0 Å². The van der Waals surface area contributed by atoms with Crippen molar-refractivity contribution in [3.8, 4) is 11.4 Å². The van der Waals surface area contributed by atoms with Gasteiger partial charge in [0.05, 0.1) is 17.7 Å². The third-order valence-electron chi connectivity index (χ3n) is 6.54. The number of hydrogen-bond acceptors (Lipinski definition) is 8. The maximum atomic E-state index is 12.5. The van der Waals surface area contributed by atoms with Crippen LogP contribution in [0.2, 0.25) is 0 Å². The number of sulfonamides is 1. The summed E-state index contributed by atoms with van der Waals surface area (Å²) in [6, 6.07) is 14.6. The highest BCUT2D eigenvalue weighted by Gasteiger charge is 2.18. The Balaban J connectivity index is 1.39. The molecular formula is C27H33N7O3S. The maximum Gasteiger partial charge on any atom is 0.240 e. The predicted octanol–water partition coefficient (Wildman–Crippen LogP) is 3.61. The summed E-state index contributed by atoms with van der Waals surface area (Å²) in [4.78, 5) is 14.1. The van der Waals surface area contributed by atoms with Gasteiger partial charge in [-0.25, -0.2) is 18.1 Å². The number of nitrogens with one attached hydrogen (secondary N) is 2. The fourth-order valence-corrected chi connectivity index (χ4v) is 5.77. The monoisotopic (exact) mass is 535 g/mol. The summed E-state index contributed by atoms with van der Waals surface area (Å²) in [7, 11) is 0.238. The smallest absolute Gasteiger partial charge is 0.240 e. The summed E-state index contributed by atoms with van der Waals surface area (Å²) in [5.41, 5.74) is 3.39. The molecule has 1 aliphatic heterocycles. The lowest BCUT2D eigenvalue weighted by molar-refractivity contribution is 0.312. The molecule has 3 heterocycles. The minimum Gasteiger partial charge on any atom is -0.494 e. The summed E-state index contributed by atoms with van der Waals surface area (Å²) in [5, 5.41) is 4.16. The lowest BCUT2D eigenvalue weighted by Crippen LogP contribution is -2.44. The molecule has 0 atom stereocenters. The van der Waals surface area contributed by atoms with E-state index in [0.29, 0.717) is 17.3 Å². The molecule has 0 spiro atoms. The largest absolute Gasteiger partial charge is 0.494 e. The Labute approximate surface area is 223 Å². The van der Waals surface area contributed by atoms with Crippen LogP contribution in [0, 0.1) is 0 Å². The third kappa shape index (κ3) is 5.45. The SMILES string of the molecule is COc1cc(N2CCN(C)CC2)ccc1Nc1ncc2ccn(-c3ccc(S(=O)(=O)NC(C)C)cc3)c2n1. The van der Waals surface area contributed by atoms with Gasteiger partial charge in [-0.2, -0.15) is 4.98 Å². The number of ether oxygens (including phenoxy) is 1. The second-order valence-corrected chi connectivity index (χ2v) is 11.4. The van der Waals surface area contributed by atoms with Gasteiger partial charge in [-0.05, 0) is 63.4 Å². The fraction of sp³-hybridized carbons (Fsp3) is 0.333. The molecule has 1 fully saturated rings. The van der Waals surface area contributed by atoms with Crippen molar-refractivity contribution in [2.45, 2.75) is 24.8 Å². The number of methoxy groups -OCH3 is 1. The van der Waals surface area contributed by atoms with Gasteiger partial charge >= 0.3 is 0 Å². The molecule has 200 valence electrons. The van der Waals surface area contributed by atoms with Gasteiger partial charge in [-0.1, -0.05) is 0 Å². The highest BCUT2D eigenvalue weighted by atomic mass is 32.2. The molecular weight excluding hydrogens is 502 g/mol. The molecule has 38 heavy (non-hydrogen) atoms. The van der Waals surface area contributed by atoms with E-state index in [-0.39, 0.29) is 10.9 Å². The Bertz CT molecular complexity index is 1530. The fourth-order valence-electron chi connectivity index (χ4n) is 4.52. The van der Waals surface area contributed by atoms with Crippen molar-refractivity contribution >= 4 is 38.4 Å². The van der Waals surface area contributed by atoms with Crippen LogP contribution < -0.4 is 19.7 Å². The van der Waals surface area contributed by atoms with E-state index in [1.165, 1.54) is 0 Å². The first kappa shape index (κ1) is 26.0. The second-order valence-electron chi connectivity index (χ2n) is 9.73. The van der Waals surface area contributed by atoms with Gasteiger partial charge < -0.3 is 24.4 Å². The van der Waals surface area contributed by atoms with Crippen molar-refractivity contribution in [2.75, 3.05) is 50.6 Å². The highest BCUT2D eigenvalue weighted by molar-refractivity contribution is 7.89. The second kappa shape index (κ2) is 10.6. The number of hydrogen-bond donors (Lipinski definition) is 2. The van der Waals surface area contributed by atoms with Crippen LogP contribution >= 0.6 is 0 Å². The molecule has 4 aromatic rings. The molecule has 0 amide bonds. The van der Waals surface area contributed by atoms with E-state index in [1.54, 1.807) is 51.4 Å². The predicted molar refractivity (Wildman–Crippen MR) is 150 cm³/mol. The van der Waals surface area contributed by atoms with Crippen LogP contribution in [-0.4, -0.2) is 74.2 Å². The van der Waals surface area contributed by atoms with Gasteiger partial charge in [0, 0.05) is 67.4 Å². The van der Waals surface area contributed by atoms with Crippen LogP contribution in [0.15, 0.2) is 65.8 Å². The molecule has 0 aliphatic carbocycles. The van der Waals surface area contributed by atoms with E-state index in [1.807, 2.05) is 29.0 Å². The Morgan fingerprint density at radius 1 is 0.974 bits per heavy atom. The van der Waals surface area contributed by atoms with E-state index in [2.05, 4.69) is 37.9 Å². The van der Waals surface area contributed by atoms with Crippen molar-refractivity contribution in [3.05, 3.63) is 60.9 Å². The first-order valence-electron chi connectivity index (χ1n) is 12.6. The van der Waals surface area contributed by atoms with Crippen molar-refractivity contribution < 1.29 is 13.2 Å². The van der Waals surface area contributed by atoms with Crippen LogP contribution in [0.25, 0.3) is 16.7 Å². The molecule has 0 saturated carbocycles. The minimum absolute atomic E-state index is 0.183. The normalized spacial score (nSPS) is 14.8. The zero-order valence-corrected chi connectivity index (χ0v) is 22.9. The number of fused-ring (bicyclic) bond motifs is 1. The van der Waals surface area contributed by atoms with Gasteiger partial charge in [-0.3, -0.25) is 0 Å². The lowest BCUT2D eigenvalue weighted by Gasteiger charge is -2.34. The molecule has 2 N–H and O–H groups in total. The zero-order chi connectivity index (χ0) is 26.9. The quantitative estimate of drug-likeness (QED) is 0.353. The van der Waals surface area contributed by atoms with E-state index >= 15 is 0 Å². The van der Waals surface area contributed by atoms with Crippen LogP contribution in [-0.2, 0) is 10.0 Å². The molecule has 10 nitrogen and oxygen atoms in total. The molecule has 11 heteroatoms. The first-order chi connectivity index (χ1) is 18.2. The van der Waals surface area contributed by atoms with E-state index in [9.17, 15) is 8.42 Å². The molecule has 0 unspecified atom stereocenters. The van der Waals surface area contributed by atoms with E-state index in [4.69, 9.17) is 9.72 Å². The van der Waals surface area contributed by atoms with E-state index < -0.39 is 10.0 Å². The van der Waals surface area contributed by atoms with Crippen molar-refractivity contribution in [1.82, 2.24) is 24.2 Å². The molecule has 0 bridgehead atoms. The number of likely N-dealkylation sites (N-methyl/N-ethyl adjacent to an activating group) is 1. The molecule has 2 aromatic heterocycles. The van der Waals surface area contributed by atoms with Crippen molar-refractivity contribution in [1.29, 1.82) is 0 Å². The standard InChI is InChI=1S/C27H33N7O3S/c1-19(2)31-38(35,36)23-8-5-21(6-9-23)34-12-11-20-18-28-27(30-26(20)34)29-24-10-7-22(17-25(24)37-4)33-15-13-32(3)14-16-33/h5-12,17-19,31H,13-16H2,1-4H3,(H,28,29,30). The Kier molecular flexibility index (Phi) is 7.24. The highest BCUT2D eigenvalue weighted by Crippen LogP contribution is 2.32. The van der Waals surface area contributed by atoms with E-state index in [0.717, 1.165) is 48.6 Å². The molecule has 0 radical (unpaired) electrons. The van der Waals surface area contributed by atoms with Gasteiger partial charge in [0.2, 0.25) is 16.0 Å². The van der Waals surface area contributed by atoms with Gasteiger partial charge in [0.15, 0.2) is 0 Å². The minimum atomic E-state index is -3.56. The molecule has 5 rings (SSSR count). The van der Waals surface area contributed by atoms with Crippen LogP contribution in [0.1, 0.15) is 13.8 Å². The summed E-state index contributed by atoms with van der Waals surface area (Å²) in [6.45, 7) is 7.60. The molecule has 1 aliphatic rings. The first-order valence-corrected chi connectivity index (χ1v) is 14.1. The van der Waals surface area contributed by atoms with Crippen molar-refractivity contribution in [2.24, 2.45) is 0 Å². The van der Waals surface area contributed by atoms with Crippen LogP contribution in [0.5, 0.6) is 5.75 Å². The summed E-state index contributed by atoms with van der Waals surface area (Å²) >= 11 is 0. The number of rotatable bonds is 8. The number of aromatic nitrogens is 3. The number of benzene rings is 2.